The summed E-state index contributed by atoms with van der Waals surface area (Å²) in [5.74, 6) is 0.570. The monoisotopic (exact) mass is 253 g/mol. The molecule has 2 rings (SSSR count). The maximum atomic E-state index is 8.91. The van der Waals surface area contributed by atoms with Crippen molar-refractivity contribution in [2.45, 2.75) is 23.6 Å². The van der Waals surface area contributed by atoms with Crippen molar-refractivity contribution in [2.75, 3.05) is 19.0 Å². The lowest BCUT2D eigenvalue weighted by atomic mass is 10.3. The molecular weight excluding hydrogens is 238 g/mol. The lowest BCUT2D eigenvalue weighted by Crippen LogP contribution is -2.02. The number of nitrogens with zero attached hydrogens (tertiary/aromatic N) is 3. The molecule has 2 heterocycles. The van der Waals surface area contributed by atoms with Gasteiger partial charge in [-0.2, -0.15) is 10.1 Å². The van der Waals surface area contributed by atoms with Gasteiger partial charge >= 0.3 is 0 Å². The molecule has 1 atom stereocenters. The van der Waals surface area contributed by atoms with Crippen LogP contribution in [0.1, 0.15) is 13.3 Å². The average molecular weight is 253 g/mol. The molecule has 0 aliphatic carbocycles. The van der Waals surface area contributed by atoms with Crippen molar-refractivity contribution in [3.05, 3.63) is 6.20 Å². The summed E-state index contributed by atoms with van der Waals surface area (Å²) in [7, 11) is 1.78. The number of fused-ring (bicyclic) bond motifs is 1. The molecule has 0 aromatic carbocycles. The minimum absolute atomic E-state index is 0.187. The molecule has 0 amide bonds. The van der Waals surface area contributed by atoms with Crippen molar-refractivity contribution in [2.24, 2.45) is 0 Å². The van der Waals surface area contributed by atoms with Crippen molar-refractivity contribution < 1.29 is 5.11 Å². The van der Waals surface area contributed by atoms with Crippen molar-refractivity contribution in [3.8, 4) is 0 Å². The van der Waals surface area contributed by atoms with Crippen LogP contribution in [0, 0.1) is 0 Å². The van der Waals surface area contributed by atoms with E-state index in [0.717, 1.165) is 22.5 Å². The van der Waals surface area contributed by atoms with Crippen molar-refractivity contribution in [1.29, 1.82) is 0 Å². The van der Waals surface area contributed by atoms with Crippen LogP contribution in [0.3, 0.4) is 0 Å². The Kier molecular flexibility index (Phi) is 3.80. The van der Waals surface area contributed by atoms with E-state index in [1.807, 2.05) is 0 Å². The molecule has 0 saturated heterocycles. The smallest absolute Gasteiger partial charge is 0.225 e. The topological polar surface area (TPSA) is 86.7 Å². The summed E-state index contributed by atoms with van der Waals surface area (Å²) >= 11 is 1.62. The summed E-state index contributed by atoms with van der Waals surface area (Å²) < 4.78 is 0. The van der Waals surface area contributed by atoms with Gasteiger partial charge in [-0.1, -0.05) is 6.92 Å². The molecule has 17 heavy (non-hydrogen) atoms. The molecule has 0 radical (unpaired) electrons. The SMILES string of the molecule is CNc1nc(SC(C)CCO)c2cn[nH]c2n1. The molecule has 7 heteroatoms. The maximum Gasteiger partial charge on any atom is 0.225 e. The second-order valence-electron chi connectivity index (χ2n) is 3.68. The first-order valence-electron chi connectivity index (χ1n) is 5.41. The van der Waals surface area contributed by atoms with Crippen molar-refractivity contribution in [3.63, 3.8) is 0 Å². The highest BCUT2D eigenvalue weighted by molar-refractivity contribution is 8.00. The Hall–Kier alpha value is -1.34. The van der Waals surface area contributed by atoms with Crippen LogP contribution in [0.25, 0.3) is 11.0 Å². The van der Waals surface area contributed by atoms with E-state index < -0.39 is 0 Å². The first-order valence-corrected chi connectivity index (χ1v) is 6.29. The molecule has 0 spiro atoms. The number of hydrogen-bond acceptors (Lipinski definition) is 6. The van der Waals surface area contributed by atoms with Crippen molar-refractivity contribution >= 4 is 28.7 Å². The summed E-state index contributed by atoms with van der Waals surface area (Å²) in [6.07, 6.45) is 2.46. The third-order valence-corrected chi connectivity index (χ3v) is 3.52. The molecule has 6 nitrogen and oxygen atoms in total. The van der Waals surface area contributed by atoms with Gasteiger partial charge in [0.1, 0.15) is 5.03 Å². The van der Waals surface area contributed by atoms with E-state index in [9.17, 15) is 0 Å². The number of aliphatic hydroxyl groups is 1. The third-order valence-electron chi connectivity index (χ3n) is 2.35. The van der Waals surface area contributed by atoms with Crippen LogP contribution in [0.4, 0.5) is 5.95 Å². The summed E-state index contributed by atoms with van der Waals surface area (Å²) in [6.45, 7) is 2.25. The van der Waals surface area contributed by atoms with E-state index in [1.165, 1.54) is 0 Å². The van der Waals surface area contributed by atoms with Gasteiger partial charge in [-0.05, 0) is 6.42 Å². The van der Waals surface area contributed by atoms with Crippen LogP contribution in [0.5, 0.6) is 0 Å². The van der Waals surface area contributed by atoms with Gasteiger partial charge in [-0.15, -0.1) is 11.8 Å². The first kappa shape index (κ1) is 12.1. The molecule has 0 aliphatic rings. The number of anilines is 1. The average Bonchev–Trinajstić information content (AvgIpc) is 2.77. The molecule has 0 aliphatic heterocycles. The minimum Gasteiger partial charge on any atom is -0.396 e. The predicted molar refractivity (Wildman–Crippen MR) is 68.3 cm³/mol. The zero-order valence-electron chi connectivity index (χ0n) is 9.77. The second-order valence-corrected chi connectivity index (χ2v) is 5.10. The minimum atomic E-state index is 0.187. The Morgan fingerprint density at radius 2 is 2.35 bits per heavy atom. The van der Waals surface area contributed by atoms with E-state index >= 15 is 0 Å². The Labute approximate surface area is 103 Å². The molecule has 3 N–H and O–H groups in total. The van der Waals surface area contributed by atoms with Gasteiger partial charge < -0.3 is 10.4 Å². The molecule has 92 valence electrons. The number of hydrogen-bond donors (Lipinski definition) is 3. The lowest BCUT2D eigenvalue weighted by Gasteiger charge is -2.10. The van der Waals surface area contributed by atoms with E-state index in [-0.39, 0.29) is 6.61 Å². The fraction of sp³-hybridized carbons (Fsp3) is 0.500. The van der Waals surface area contributed by atoms with E-state index in [2.05, 4.69) is 32.4 Å². The van der Waals surface area contributed by atoms with Gasteiger partial charge in [0.2, 0.25) is 5.95 Å². The Morgan fingerprint density at radius 3 is 3.06 bits per heavy atom. The third kappa shape index (κ3) is 2.67. The van der Waals surface area contributed by atoms with Gasteiger partial charge in [0.25, 0.3) is 0 Å². The van der Waals surface area contributed by atoms with Gasteiger partial charge in [0.15, 0.2) is 5.65 Å². The molecule has 2 aromatic heterocycles. The fourth-order valence-corrected chi connectivity index (χ4v) is 2.46. The number of nitrogens with one attached hydrogen (secondary N) is 2. The number of rotatable bonds is 5. The van der Waals surface area contributed by atoms with Gasteiger partial charge in [0.05, 0.1) is 11.6 Å². The van der Waals surface area contributed by atoms with Crippen LogP contribution >= 0.6 is 11.8 Å². The van der Waals surface area contributed by atoms with Crippen LogP contribution in [-0.4, -0.2) is 44.2 Å². The maximum absolute atomic E-state index is 8.91. The second kappa shape index (κ2) is 5.33. The van der Waals surface area contributed by atoms with E-state index in [0.29, 0.717) is 11.2 Å². The number of aromatic amines is 1. The molecule has 0 saturated carbocycles. The molecule has 1 unspecified atom stereocenters. The quantitative estimate of drug-likeness (QED) is 0.549. The standard InChI is InChI=1S/C10H15N5OS/c1-6(3-4-16)17-9-7-5-12-15-8(7)13-10(11-2)14-9/h5-6,16H,3-4H2,1-2H3,(H2,11,12,13,14,15). The lowest BCUT2D eigenvalue weighted by molar-refractivity contribution is 0.289. The van der Waals surface area contributed by atoms with Crippen LogP contribution in [0.15, 0.2) is 11.2 Å². The highest BCUT2D eigenvalue weighted by Gasteiger charge is 2.12. The number of aromatic nitrogens is 4. The van der Waals surface area contributed by atoms with Crippen molar-refractivity contribution in [1.82, 2.24) is 20.2 Å². The highest BCUT2D eigenvalue weighted by atomic mass is 32.2. The molecular formula is C10H15N5OS. The van der Waals surface area contributed by atoms with Crippen LogP contribution < -0.4 is 5.32 Å². The Morgan fingerprint density at radius 1 is 1.53 bits per heavy atom. The van der Waals surface area contributed by atoms with E-state index in [1.54, 1.807) is 25.0 Å². The largest absolute Gasteiger partial charge is 0.396 e. The summed E-state index contributed by atoms with van der Waals surface area (Å²) in [5.41, 5.74) is 0.725. The van der Waals surface area contributed by atoms with E-state index in [4.69, 9.17) is 5.11 Å². The summed E-state index contributed by atoms with van der Waals surface area (Å²) in [4.78, 5) is 8.68. The summed E-state index contributed by atoms with van der Waals surface area (Å²) in [5, 5.41) is 20.7. The number of aliphatic hydroxyl groups excluding tert-OH is 1. The zero-order chi connectivity index (χ0) is 12.3. The first-order chi connectivity index (χ1) is 8.24. The Bertz CT molecular complexity index is 500. The summed E-state index contributed by atoms with van der Waals surface area (Å²) in [6, 6.07) is 0. The van der Waals surface area contributed by atoms with Gasteiger partial charge in [-0.25, -0.2) is 4.98 Å². The molecule has 0 bridgehead atoms. The highest BCUT2D eigenvalue weighted by Crippen LogP contribution is 2.29. The molecule has 0 fully saturated rings. The van der Waals surface area contributed by atoms with Crippen LogP contribution in [0.2, 0.25) is 0 Å². The predicted octanol–water partition coefficient (Wildman–Crippen LogP) is 1.26. The zero-order valence-corrected chi connectivity index (χ0v) is 10.6. The molecule has 2 aromatic rings. The fourth-order valence-electron chi connectivity index (χ4n) is 1.44. The Balaban J connectivity index is 2.33. The number of H-pyrrole nitrogens is 1. The van der Waals surface area contributed by atoms with Crippen LogP contribution in [-0.2, 0) is 0 Å². The normalized spacial score (nSPS) is 12.9. The number of thioether (sulfide) groups is 1. The van der Waals surface area contributed by atoms with Gasteiger partial charge in [-0.3, -0.25) is 5.10 Å². The van der Waals surface area contributed by atoms with Gasteiger partial charge in [0, 0.05) is 18.9 Å².